The topological polar surface area (TPSA) is 17.1 Å². The third-order valence-corrected chi connectivity index (χ3v) is 9.76. The van der Waals surface area contributed by atoms with E-state index >= 15 is 0 Å². The molecular formula is C24H36O. The zero-order valence-corrected chi connectivity index (χ0v) is 17.1. The molecule has 4 aliphatic carbocycles. The summed E-state index contributed by atoms with van der Waals surface area (Å²) in [5.74, 6) is 2.38. The number of allylic oxidation sites excluding steroid dienone is 4. The lowest BCUT2D eigenvalue weighted by Crippen LogP contribution is -2.33. The van der Waals surface area contributed by atoms with Gasteiger partial charge in [-0.15, -0.1) is 0 Å². The quantitative estimate of drug-likeness (QED) is 0.547. The fourth-order valence-corrected chi connectivity index (χ4v) is 7.47. The second-order valence-electron chi connectivity index (χ2n) is 11.3. The Morgan fingerprint density at radius 1 is 1.00 bits per heavy atom. The zero-order valence-electron chi connectivity index (χ0n) is 17.1. The lowest BCUT2D eigenvalue weighted by atomic mass is 9.64. The molecule has 0 aromatic rings. The van der Waals surface area contributed by atoms with Crippen molar-refractivity contribution in [2.24, 2.45) is 39.4 Å². The summed E-state index contributed by atoms with van der Waals surface area (Å²) in [4.78, 5) is 12.7. The Hall–Kier alpha value is -0.850. The number of hydrogen-bond acceptors (Lipinski definition) is 1. The summed E-state index contributed by atoms with van der Waals surface area (Å²) in [7, 11) is 0. The summed E-state index contributed by atoms with van der Waals surface area (Å²) in [5.41, 5.74) is 2.76. The molecular weight excluding hydrogens is 304 g/mol. The smallest absolute Gasteiger partial charge is 0.178 e. The fraction of sp³-hybridized carbons (Fsp3) is 0.792. The molecule has 4 bridgehead atoms. The highest BCUT2D eigenvalue weighted by Gasteiger charge is 2.59. The molecule has 4 fully saturated rings. The maximum absolute atomic E-state index is 12.7. The van der Waals surface area contributed by atoms with Crippen LogP contribution in [-0.2, 0) is 4.79 Å². The summed E-state index contributed by atoms with van der Waals surface area (Å²) < 4.78 is 0. The van der Waals surface area contributed by atoms with Crippen LogP contribution in [0.3, 0.4) is 0 Å². The molecule has 0 spiro atoms. The van der Waals surface area contributed by atoms with Crippen LogP contribution in [0.25, 0.3) is 0 Å². The van der Waals surface area contributed by atoms with Gasteiger partial charge in [0.05, 0.1) is 0 Å². The number of fused-ring (bicyclic) bond motifs is 4. The van der Waals surface area contributed by atoms with Crippen molar-refractivity contribution in [2.75, 3.05) is 0 Å². The molecule has 0 N–H and O–H groups in total. The van der Waals surface area contributed by atoms with E-state index in [0.29, 0.717) is 22.2 Å². The highest BCUT2D eigenvalue weighted by Crippen LogP contribution is 2.68. The predicted octanol–water partition coefficient (Wildman–Crippen LogP) is 6.35. The van der Waals surface area contributed by atoms with Crippen molar-refractivity contribution in [3.63, 3.8) is 0 Å². The lowest BCUT2D eigenvalue weighted by Gasteiger charge is -2.41. The molecule has 0 amide bonds. The standard InChI is InChI=1S/C24H36O/c1-21(2)17-9-11-23(5,15-17)20(21)8-7-19(25)14-18-13-16-10-12-24(18,6)22(16,3)4/h7-8,14,16-17,20H,9-13,15H2,1-6H3/b8-7-,18-14-. The van der Waals surface area contributed by atoms with Gasteiger partial charge in [0, 0.05) is 0 Å². The van der Waals surface area contributed by atoms with Gasteiger partial charge in [0.15, 0.2) is 5.78 Å². The molecule has 4 aliphatic rings. The van der Waals surface area contributed by atoms with Gasteiger partial charge in [0.2, 0.25) is 0 Å². The van der Waals surface area contributed by atoms with E-state index in [2.05, 4.69) is 47.6 Å². The summed E-state index contributed by atoms with van der Waals surface area (Å²) in [5, 5.41) is 0. The van der Waals surface area contributed by atoms with E-state index in [1.165, 1.54) is 37.7 Å². The summed E-state index contributed by atoms with van der Waals surface area (Å²) >= 11 is 0. The molecule has 0 aromatic carbocycles. The van der Waals surface area contributed by atoms with E-state index in [1.807, 2.05) is 12.2 Å². The van der Waals surface area contributed by atoms with Gasteiger partial charge in [-0.1, -0.05) is 53.2 Å². The van der Waals surface area contributed by atoms with Crippen molar-refractivity contribution in [1.82, 2.24) is 0 Å². The monoisotopic (exact) mass is 340 g/mol. The Labute approximate surface area is 154 Å². The second-order valence-corrected chi connectivity index (χ2v) is 11.3. The van der Waals surface area contributed by atoms with Gasteiger partial charge in [0.1, 0.15) is 0 Å². The molecule has 1 nitrogen and oxygen atoms in total. The fourth-order valence-electron chi connectivity index (χ4n) is 7.47. The van der Waals surface area contributed by atoms with Crippen LogP contribution in [0.4, 0.5) is 0 Å². The Kier molecular flexibility index (Phi) is 3.59. The number of carbonyl (C=O) groups excluding carboxylic acids is 1. The lowest BCUT2D eigenvalue weighted by molar-refractivity contribution is -0.110. The number of hydrogen-bond donors (Lipinski definition) is 0. The molecule has 4 saturated carbocycles. The van der Waals surface area contributed by atoms with Crippen LogP contribution < -0.4 is 0 Å². The van der Waals surface area contributed by atoms with Gasteiger partial charge < -0.3 is 0 Å². The molecule has 4 rings (SSSR count). The van der Waals surface area contributed by atoms with Crippen molar-refractivity contribution < 1.29 is 4.79 Å². The van der Waals surface area contributed by atoms with E-state index in [1.54, 1.807) is 0 Å². The van der Waals surface area contributed by atoms with Crippen molar-refractivity contribution in [3.05, 3.63) is 23.8 Å². The van der Waals surface area contributed by atoms with Crippen LogP contribution >= 0.6 is 0 Å². The van der Waals surface area contributed by atoms with E-state index in [9.17, 15) is 4.79 Å². The molecule has 138 valence electrons. The van der Waals surface area contributed by atoms with Crippen LogP contribution in [0.15, 0.2) is 23.8 Å². The van der Waals surface area contributed by atoms with Gasteiger partial charge >= 0.3 is 0 Å². The van der Waals surface area contributed by atoms with Crippen molar-refractivity contribution in [3.8, 4) is 0 Å². The number of carbonyl (C=O) groups is 1. The Morgan fingerprint density at radius 3 is 2.20 bits per heavy atom. The average Bonchev–Trinajstić information content (AvgIpc) is 3.11. The Morgan fingerprint density at radius 2 is 1.68 bits per heavy atom. The highest BCUT2D eigenvalue weighted by molar-refractivity contribution is 6.00. The molecule has 1 heteroatoms. The molecule has 25 heavy (non-hydrogen) atoms. The van der Waals surface area contributed by atoms with Crippen molar-refractivity contribution in [2.45, 2.75) is 80.1 Å². The van der Waals surface area contributed by atoms with Gasteiger partial charge in [0.25, 0.3) is 0 Å². The van der Waals surface area contributed by atoms with E-state index < -0.39 is 0 Å². The van der Waals surface area contributed by atoms with Crippen LogP contribution in [0, 0.1) is 39.4 Å². The first-order valence-electron chi connectivity index (χ1n) is 10.4. The van der Waals surface area contributed by atoms with E-state index in [4.69, 9.17) is 0 Å². The average molecular weight is 341 g/mol. The summed E-state index contributed by atoms with van der Waals surface area (Å²) in [6.07, 6.45) is 14.0. The minimum Gasteiger partial charge on any atom is -0.290 e. The second kappa shape index (κ2) is 5.11. The minimum atomic E-state index is 0.224. The third-order valence-electron chi connectivity index (χ3n) is 9.76. The molecule has 0 aromatic heterocycles. The van der Waals surface area contributed by atoms with Crippen LogP contribution in [0.2, 0.25) is 0 Å². The molecule has 0 radical (unpaired) electrons. The van der Waals surface area contributed by atoms with Gasteiger partial charge in [-0.25, -0.2) is 0 Å². The van der Waals surface area contributed by atoms with Crippen LogP contribution in [0.5, 0.6) is 0 Å². The number of ketones is 1. The Balaban J connectivity index is 1.53. The maximum atomic E-state index is 12.7. The normalized spacial score (nSPS) is 48.1. The van der Waals surface area contributed by atoms with Crippen LogP contribution in [-0.4, -0.2) is 5.78 Å². The molecule has 5 unspecified atom stereocenters. The Bertz CT molecular complexity index is 659. The highest BCUT2D eigenvalue weighted by atomic mass is 16.1. The SMILES string of the molecule is CC12CCC(C1)C(C)(C)C2/C=C\C(=O)/C=C1/CC2CCC1(C)C2(C)C. The molecule has 0 aliphatic heterocycles. The maximum Gasteiger partial charge on any atom is 0.178 e. The predicted molar refractivity (Wildman–Crippen MR) is 104 cm³/mol. The first-order valence-corrected chi connectivity index (χ1v) is 10.4. The van der Waals surface area contributed by atoms with Crippen molar-refractivity contribution >= 4 is 5.78 Å². The molecule has 0 saturated heterocycles. The molecule has 0 heterocycles. The van der Waals surface area contributed by atoms with E-state index in [-0.39, 0.29) is 11.2 Å². The summed E-state index contributed by atoms with van der Waals surface area (Å²) in [6.45, 7) is 14.5. The van der Waals surface area contributed by atoms with Gasteiger partial charge in [-0.2, -0.15) is 0 Å². The minimum absolute atomic E-state index is 0.224. The summed E-state index contributed by atoms with van der Waals surface area (Å²) in [6, 6.07) is 0. The number of rotatable bonds is 3. The van der Waals surface area contributed by atoms with Crippen molar-refractivity contribution in [1.29, 1.82) is 0 Å². The van der Waals surface area contributed by atoms with Gasteiger partial charge in [-0.05, 0) is 90.1 Å². The van der Waals surface area contributed by atoms with Gasteiger partial charge in [-0.3, -0.25) is 4.79 Å². The largest absolute Gasteiger partial charge is 0.290 e. The first-order chi connectivity index (χ1) is 11.5. The zero-order chi connectivity index (χ0) is 18.3. The van der Waals surface area contributed by atoms with Crippen LogP contribution in [0.1, 0.15) is 80.1 Å². The molecule has 5 atom stereocenters. The third kappa shape index (κ3) is 2.23. The first kappa shape index (κ1) is 17.6. The van der Waals surface area contributed by atoms with E-state index in [0.717, 1.165) is 18.3 Å².